The van der Waals surface area contributed by atoms with E-state index in [4.69, 9.17) is 14.0 Å². The van der Waals surface area contributed by atoms with E-state index in [1.54, 1.807) is 43.3 Å². The van der Waals surface area contributed by atoms with Crippen LogP contribution in [0.2, 0.25) is 0 Å². The molecule has 1 unspecified atom stereocenters. The lowest BCUT2D eigenvalue weighted by Gasteiger charge is -2.14. The number of rotatable bonds is 8. The second kappa shape index (κ2) is 10.1. The molecule has 0 spiro atoms. The maximum Gasteiger partial charge on any atom is 0.311 e. The molecule has 168 valence electrons. The second-order valence-corrected chi connectivity index (χ2v) is 7.50. The third kappa shape index (κ3) is 5.94. The van der Waals surface area contributed by atoms with Gasteiger partial charge in [0, 0.05) is 5.69 Å². The Morgan fingerprint density at radius 1 is 1.12 bits per heavy atom. The molecular weight excluding hydrogens is 415 g/mol. The molecule has 8 heteroatoms. The Balaban J connectivity index is 1.48. The summed E-state index contributed by atoms with van der Waals surface area (Å²) in [6.45, 7) is 7.10. The summed E-state index contributed by atoms with van der Waals surface area (Å²) in [4.78, 5) is 24.4. The molecule has 0 saturated carbocycles. The SMILES string of the molecule is Cc1ccc(NC(=O)C(C)OC(=O)Cc2ccc(OCc3c(C)noc3C)cc2)cc1F. The van der Waals surface area contributed by atoms with Crippen LogP contribution in [0.3, 0.4) is 0 Å². The van der Waals surface area contributed by atoms with Gasteiger partial charge in [-0.1, -0.05) is 23.4 Å². The molecular formula is C24H25FN2O5. The highest BCUT2D eigenvalue weighted by Crippen LogP contribution is 2.19. The molecule has 3 aromatic rings. The fourth-order valence-corrected chi connectivity index (χ4v) is 2.94. The van der Waals surface area contributed by atoms with E-state index >= 15 is 0 Å². The standard InChI is InChI=1S/C24H25FN2O5/c1-14-5-8-19(12-22(14)25)26-24(29)17(4)31-23(28)11-18-6-9-20(10-7-18)30-13-21-15(2)27-32-16(21)3/h5-10,12,17H,11,13H2,1-4H3,(H,26,29). The predicted octanol–water partition coefficient (Wildman–Crippen LogP) is 4.43. The maximum atomic E-state index is 13.6. The summed E-state index contributed by atoms with van der Waals surface area (Å²) in [5.41, 5.74) is 3.18. The van der Waals surface area contributed by atoms with E-state index in [1.807, 2.05) is 13.8 Å². The van der Waals surface area contributed by atoms with Crippen LogP contribution in [0.15, 0.2) is 47.0 Å². The van der Waals surface area contributed by atoms with Crippen LogP contribution in [0.5, 0.6) is 5.75 Å². The highest BCUT2D eigenvalue weighted by molar-refractivity contribution is 5.95. The van der Waals surface area contributed by atoms with Gasteiger partial charge in [0.1, 0.15) is 23.9 Å². The van der Waals surface area contributed by atoms with Gasteiger partial charge in [0.15, 0.2) is 6.10 Å². The van der Waals surface area contributed by atoms with E-state index in [0.29, 0.717) is 34.9 Å². The number of halogens is 1. The molecule has 1 aromatic heterocycles. The zero-order chi connectivity index (χ0) is 23.3. The number of hydrogen-bond donors (Lipinski definition) is 1. The normalized spacial score (nSPS) is 11.7. The Morgan fingerprint density at radius 2 is 1.84 bits per heavy atom. The molecule has 7 nitrogen and oxygen atoms in total. The Hall–Kier alpha value is -3.68. The molecule has 1 heterocycles. The van der Waals surface area contributed by atoms with E-state index in [9.17, 15) is 14.0 Å². The minimum atomic E-state index is -1.02. The molecule has 0 bridgehead atoms. The summed E-state index contributed by atoms with van der Waals surface area (Å²) in [6.07, 6.45) is -1.02. The number of amides is 1. The largest absolute Gasteiger partial charge is 0.489 e. The second-order valence-electron chi connectivity index (χ2n) is 7.50. The number of aromatic nitrogens is 1. The average molecular weight is 440 g/mol. The minimum Gasteiger partial charge on any atom is -0.489 e. The molecule has 1 N–H and O–H groups in total. The predicted molar refractivity (Wildman–Crippen MR) is 116 cm³/mol. The monoisotopic (exact) mass is 440 g/mol. The number of ether oxygens (including phenoxy) is 2. The Bertz CT molecular complexity index is 1090. The van der Waals surface area contributed by atoms with Gasteiger partial charge in [-0.05, 0) is 63.1 Å². The minimum absolute atomic E-state index is 0.000919. The van der Waals surface area contributed by atoms with E-state index in [1.165, 1.54) is 13.0 Å². The summed E-state index contributed by atoms with van der Waals surface area (Å²) in [6, 6.07) is 11.4. The molecule has 0 radical (unpaired) electrons. The third-order valence-corrected chi connectivity index (χ3v) is 4.95. The summed E-state index contributed by atoms with van der Waals surface area (Å²) in [7, 11) is 0. The Kier molecular flexibility index (Phi) is 7.25. The number of hydrogen-bond acceptors (Lipinski definition) is 6. The van der Waals surface area contributed by atoms with Gasteiger partial charge in [-0.25, -0.2) is 4.39 Å². The number of carbonyl (C=O) groups excluding carboxylic acids is 2. The van der Waals surface area contributed by atoms with Crippen molar-refractivity contribution in [1.29, 1.82) is 0 Å². The van der Waals surface area contributed by atoms with Crippen LogP contribution in [0.1, 0.15) is 35.1 Å². The first-order chi connectivity index (χ1) is 15.2. The molecule has 0 aliphatic rings. The quantitative estimate of drug-likeness (QED) is 0.521. The summed E-state index contributed by atoms with van der Waals surface area (Å²) in [5, 5.41) is 6.43. The lowest BCUT2D eigenvalue weighted by Crippen LogP contribution is -2.30. The lowest BCUT2D eigenvalue weighted by atomic mass is 10.1. The van der Waals surface area contributed by atoms with E-state index in [0.717, 1.165) is 11.3 Å². The number of esters is 1. The molecule has 32 heavy (non-hydrogen) atoms. The first kappa shape index (κ1) is 23.0. The van der Waals surface area contributed by atoms with Crippen molar-refractivity contribution >= 4 is 17.6 Å². The number of benzene rings is 2. The average Bonchev–Trinajstić information content (AvgIpc) is 3.07. The van der Waals surface area contributed by atoms with Gasteiger partial charge in [0.05, 0.1) is 17.7 Å². The number of aryl methyl sites for hydroxylation is 3. The number of nitrogens with zero attached hydrogens (tertiary/aromatic N) is 1. The van der Waals surface area contributed by atoms with Gasteiger partial charge in [-0.3, -0.25) is 9.59 Å². The van der Waals surface area contributed by atoms with Crippen LogP contribution in [0, 0.1) is 26.6 Å². The number of carbonyl (C=O) groups is 2. The summed E-state index contributed by atoms with van der Waals surface area (Å²) in [5.74, 6) is -0.156. The summed E-state index contributed by atoms with van der Waals surface area (Å²) >= 11 is 0. The highest BCUT2D eigenvalue weighted by atomic mass is 19.1. The van der Waals surface area contributed by atoms with Gasteiger partial charge < -0.3 is 19.3 Å². The molecule has 1 atom stereocenters. The van der Waals surface area contributed by atoms with Crippen molar-refractivity contribution in [3.05, 3.63) is 76.4 Å². The smallest absolute Gasteiger partial charge is 0.311 e. The fraction of sp³-hybridized carbons (Fsp3) is 0.292. The molecule has 0 saturated heterocycles. The van der Waals surface area contributed by atoms with Gasteiger partial charge in [-0.15, -0.1) is 0 Å². The molecule has 2 aromatic carbocycles. The van der Waals surface area contributed by atoms with Crippen LogP contribution in [0.25, 0.3) is 0 Å². The Labute approximate surface area is 185 Å². The van der Waals surface area contributed by atoms with E-state index < -0.39 is 23.8 Å². The number of nitrogens with one attached hydrogen (secondary N) is 1. The topological polar surface area (TPSA) is 90.7 Å². The van der Waals surface area contributed by atoms with Gasteiger partial charge in [0.2, 0.25) is 0 Å². The first-order valence-electron chi connectivity index (χ1n) is 10.1. The van der Waals surface area contributed by atoms with Crippen LogP contribution < -0.4 is 10.1 Å². The van der Waals surface area contributed by atoms with Crippen molar-refractivity contribution in [2.45, 2.75) is 46.8 Å². The van der Waals surface area contributed by atoms with E-state index in [2.05, 4.69) is 10.5 Å². The van der Waals surface area contributed by atoms with Crippen LogP contribution in [-0.4, -0.2) is 23.1 Å². The zero-order valence-corrected chi connectivity index (χ0v) is 18.4. The molecule has 3 rings (SSSR count). The third-order valence-electron chi connectivity index (χ3n) is 4.95. The van der Waals surface area contributed by atoms with Crippen molar-refractivity contribution in [1.82, 2.24) is 5.16 Å². The molecule has 1 amide bonds. The molecule has 0 aliphatic carbocycles. The lowest BCUT2D eigenvalue weighted by molar-refractivity contribution is -0.152. The van der Waals surface area contributed by atoms with Gasteiger partial charge >= 0.3 is 5.97 Å². The highest BCUT2D eigenvalue weighted by Gasteiger charge is 2.18. The van der Waals surface area contributed by atoms with E-state index in [-0.39, 0.29) is 6.42 Å². The molecule has 0 aliphatic heterocycles. The van der Waals surface area contributed by atoms with Crippen LogP contribution in [0.4, 0.5) is 10.1 Å². The van der Waals surface area contributed by atoms with Crippen molar-refractivity contribution < 1.29 is 28.0 Å². The van der Waals surface area contributed by atoms with Gasteiger partial charge in [-0.2, -0.15) is 0 Å². The first-order valence-corrected chi connectivity index (χ1v) is 10.1. The van der Waals surface area contributed by atoms with Crippen LogP contribution in [-0.2, 0) is 27.4 Å². The maximum absolute atomic E-state index is 13.6. The molecule has 0 fully saturated rings. The van der Waals surface area contributed by atoms with Crippen LogP contribution >= 0.6 is 0 Å². The Morgan fingerprint density at radius 3 is 2.47 bits per heavy atom. The van der Waals surface area contributed by atoms with Crippen molar-refractivity contribution in [2.24, 2.45) is 0 Å². The zero-order valence-electron chi connectivity index (χ0n) is 18.4. The van der Waals surface area contributed by atoms with Crippen molar-refractivity contribution in [2.75, 3.05) is 5.32 Å². The number of anilines is 1. The van der Waals surface area contributed by atoms with Crippen molar-refractivity contribution in [3.63, 3.8) is 0 Å². The fourth-order valence-electron chi connectivity index (χ4n) is 2.94. The van der Waals surface area contributed by atoms with Gasteiger partial charge in [0.25, 0.3) is 5.91 Å². The van der Waals surface area contributed by atoms with Crippen molar-refractivity contribution in [3.8, 4) is 5.75 Å². The summed E-state index contributed by atoms with van der Waals surface area (Å²) < 4.78 is 29.7.